The minimum Gasteiger partial charge on any atom is -0.394 e. The van der Waals surface area contributed by atoms with Crippen LogP contribution in [0.3, 0.4) is 0 Å². The van der Waals surface area contributed by atoms with E-state index in [4.69, 9.17) is 14.6 Å². The summed E-state index contributed by atoms with van der Waals surface area (Å²) in [4.78, 5) is 49.0. The van der Waals surface area contributed by atoms with E-state index in [2.05, 4.69) is 0 Å². The molecule has 2 aromatic heterocycles. The highest BCUT2D eigenvalue weighted by molar-refractivity contribution is 5.02. The smallest absolute Gasteiger partial charge is 0.330 e. The molecule has 0 saturated carbocycles. The van der Waals surface area contributed by atoms with Gasteiger partial charge in [0.05, 0.1) is 12.7 Å². The van der Waals surface area contributed by atoms with E-state index in [-0.39, 0.29) is 0 Å². The number of H-pyrrole nitrogens is 2. The van der Waals surface area contributed by atoms with Gasteiger partial charge in [-0.3, -0.25) is 28.7 Å². The standard InChI is InChI=1S/C11H15FN2O4.C10H13FN2O5/c1-3-6-8(16)11(2,12)9(18-6)14-5-4-7(15)13-10(14)17;1-10(11)7(16)5(4-14)18-8(10)13-3-2-6(15)12-9(13)17/h4-6,8-9,16H,3H2,1-2H3,(H,13,15,17);2-3,5,7-8,14,16H,4H2,1H3,(H,12,15,17)/t6-,8-,9-,11-;5-,7-,8-,10-/m11/s1. The quantitative estimate of drug-likeness (QED) is 0.319. The van der Waals surface area contributed by atoms with Crippen molar-refractivity contribution >= 4 is 0 Å². The van der Waals surface area contributed by atoms with Gasteiger partial charge in [0.25, 0.3) is 11.1 Å². The van der Waals surface area contributed by atoms with Crippen molar-refractivity contribution in [3.63, 3.8) is 0 Å². The van der Waals surface area contributed by atoms with E-state index >= 15 is 0 Å². The molecule has 8 atom stereocenters. The van der Waals surface area contributed by atoms with Gasteiger partial charge in [-0.1, -0.05) is 6.92 Å². The van der Waals surface area contributed by atoms with Gasteiger partial charge in [-0.15, -0.1) is 0 Å². The lowest BCUT2D eigenvalue weighted by Crippen LogP contribution is -2.43. The van der Waals surface area contributed by atoms with Gasteiger partial charge in [0.1, 0.15) is 18.3 Å². The molecule has 4 rings (SSSR count). The van der Waals surface area contributed by atoms with Crippen molar-refractivity contribution in [3.8, 4) is 0 Å². The molecule has 0 spiro atoms. The third-order valence-corrected chi connectivity index (χ3v) is 6.22. The highest BCUT2D eigenvalue weighted by Gasteiger charge is 2.55. The summed E-state index contributed by atoms with van der Waals surface area (Å²) in [7, 11) is 0. The molecule has 4 heterocycles. The first-order valence-electron chi connectivity index (χ1n) is 11.0. The zero-order valence-corrected chi connectivity index (χ0v) is 19.6. The molecule has 0 bridgehead atoms. The summed E-state index contributed by atoms with van der Waals surface area (Å²) >= 11 is 0. The lowest BCUT2D eigenvalue weighted by molar-refractivity contribution is -0.0611. The summed E-state index contributed by atoms with van der Waals surface area (Å²) < 4.78 is 41.0. The topological polar surface area (TPSA) is 189 Å². The van der Waals surface area contributed by atoms with Gasteiger partial charge in [0, 0.05) is 24.5 Å². The fourth-order valence-corrected chi connectivity index (χ4v) is 4.13. The number of nitrogens with one attached hydrogen (secondary N) is 2. The number of hydrogen-bond acceptors (Lipinski definition) is 9. The maximum absolute atomic E-state index is 14.4. The Balaban J connectivity index is 0.000000201. The van der Waals surface area contributed by atoms with Gasteiger partial charge >= 0.3 is 11.4 Å². The van der Waals surface area contributed by atoms with Crippen LogP contribution in [0.5, 0.6) is 0 Å². The zero-order valence-electron chi connectivity index (χ0n) is 19.6. The molecule has 2 aliphatic rings. The van der Waals surface area contributed by atoms with Crippen LogP contribution in [0.1, 0.15) is 39.6 Å². The van der Waals surface area contributed by atoms with E-state index < -0.39 is 77.3 Å². The molecular weight excluding hydrogens is 490 g/mol. The Kier molecular flexibility index (Phi) is 7.80. The maximum Gasteiger partial charge on any atom is 0.330 e. The molecule has 0 unspecified atom stereocenters. The van der Waals surface area contributed by atoms with Crippen LogP contribution in [0.15, 0.2) is 43.7 Å². The Labute approximate surface area is 201 Å². The number of halogens is 2. The van der Waals surface area contributed by atoms with Crippen molar-refractivity contribution in [2.75, 3.05) is 6.61 Å². The summed E-state index contributed by atoms with van der Waals surface area (Å²) in [6.07, 6.45) is -4.67. The second kappa shape index (κ2) is 10.2. The monoisotopic (exact) mass is 518 g/mol. The molecular formula is C21H28F2N4O9. The number of alkyl halides is 2. The summed E-state index contributed by atoms with van der Waals surface area (Å²) in [5, 5.41) is 28.4. The van der Waals surface area contributed by atoms with Crippen molar-refractivity contribution in [2.24, 2.45) is 0 Å². The van der Waals surface area contributed by atoms with E-state index in [1.807, 2.05) is 9.97 Å². The second-order valence-electron chi connectivity index (χ2n) is 8.87. The normalized spacial score (nSPS) is 35.9. The second-order valence-corrected chi connectivity index (χ2v) is 8.87. The Hall–Kier alpha value is -2.98. The first-order chi connectivity index (χ1) is 16.7. The Morgan fingerprint density at radius 3 is 1.56 bits per heavy atom. The van der Waals surface area contributed by atoms with E-state index in [0.29, 0.717) is 6.42 Å². The van der Waals surface area contributed by atoms with E-state index in [9.17, 15) is 38.2 Å². The Morgan fingerprint density at radius 2 is 1.25 bits per heavy atom. The largest absolute Gasteiger partial charge is 0.394 e. The molecule has 0 amide bonds. The predicted molar refractivity (Wildman–Crippen MR) is 119 cm³/mol. The number of nitrogens with zero attached hydrogens (tertiary/aromatic N) is 2. The van der Waals surface area contributed by atoms with Crippen molar-refractivity contribution in [3.05, 3.63) is 66.2 Å². The molecule has 36 heavy (non-hydrogen) atoms. The number of aliphatic hydroxyl groups is 3. The van der Waals surface area contributed by atoms with Crippen LogP contribution >= 0.6 is 0 Å². The molecule has 2 fully saturated rings. The first-order valence-corrected chi connectivity index (χ1v) is 11.0. The van der Waals surface area contributed by atoms with Crippen molar-refractivity contribution in [1.82, 2.24) is 19.1 Å². The first kappa shape index (κ1) is 27.6. The number of rotatable bonds is 4. The minimum atomic E-state index is -2.25. The molecule has 2 aliphatic heterocycles. The fourth-order valence-electron chi connectivity index (χ4n) is 4.13. The molecule has 0 aromatic carbocycles. The van der Waals surface area contributed by atoms with Crippen molar-refractivity contribution in [1.29, 1.82) is 0 Å². The highest BCUT2D eigenvalue weighted by atomic mass is 19.1. The molecule has 5 N–H and O–H groups in total. The van der Waals surface area contributed by atoms with Crippen molar-refractivity contribution < 1.29 is 33.6 Å². The molecule has 2 saturated heterocycles. The molecule has 200 valence electrons. The van der Waals surface area contributed by atoms with Gasteiger partial charge < -0.3 is 24.8 Å². The lowest BCUT2D eigenvalue weighted by atomic mass is 9.97. The molecule has 0 aliphatic carbocycles. The number of ether oxygens (including phenoxy) is 2. The maximum atomic E-state index is 14.4. The SMILES string of the molecule is CC[C@H]1O[C@@H](n2ccc(=O)[nH]c2=O)[C@](C)(F)[C@@H]1O.C[C@@]1(F)[C@H](O)[C@@H](CO)O[C@H]1n1ccc(=O)[nH]c1=O. The average molecular weight is 518 g/mol. The predicted octanol–water partition coefficient (Wildman–Crippen LogP) is -1.55. The fraction of sp³-hybridized carbons (Fsp3) is 0.619. The van der Waals surface area contributed by atoms with Crippen LogP contribution in [0.4, 0.5) is 8.78 Å². The third kappa shape index (κ3) is 4.97. The number of aromatic amines is 2. The van der Waals surface area contributed by atoms with Gasteiger partial charge in [0.2, 0.25) is 0 Å². The number of aromatic nitrogens is 4. The summed E-state index contributed by atoms with van der Waals surface area (Å²) in [5.74, 6) is 0. The van der Waals surface area contributed by atoms with Gasteiger partial charge in [-0.25, -0.2) is 18.4 Å². The van der Waals surface area contributed by atoms with Gasteiger partial charge in [-0.2, -0.15) is 0 Å². The van der Waals surface area contributed by atoms with E-state index in [1.54, 1.807) is 6.92 Å². The molecule has 15 heteroatoms. The van der Waals surface area contributed by atoms with Crippen molar-refractivity contribution in [2.45, 2.75) is 75.4 Å². The number of hydrogen-bond donors (Lipinski definition) is 5. The third-order valence-electron chi connectivity index (χ3n) is 6.22. The highest BCUT2D eigenvalue weighted by Crippen LogP contribution is 2.41. The Morgan fingerprint density at radius 1 is 0.861 bits per heavy atom. The van der Waals surface area contributed by atoms with Gasteiger partial charge in [0.15, 0.2) is 23.8 Å². The number of aliphatic hydroxyl groups excluding tert-OH is 3. The van der Waals surface area contributed by atoms with Crippen LogP contribution in [0.25, 0.3) is 0 Å². The zero-order chi connectivity index (χ0) is 27.0. The van der Waals surface area contributed by atoms with E-state index in [1.165, 1.54) is 6.92 Å². The minimum absolute atomic E-state index is 0.426. The van der Waals surface area contributed by atoms with Crippen LogP contribution in [0.2, 0.25) is 0 Å². The lowest BCUT2D eigenvalue weighted by Gasteiger charge is -2.24. The average Bonchev–Trinajstić information content (AvgIpc) is 3.17. The molecule has 13 nitrogen and oxygen atoms in total. The van der Waals surface area contributed by atoms with Crippen LogP contribution < -0.4 is 22.5 Å². The summed E-state index contributed by atoms with van der Waals surface area (Å²) in [6, 6.07) is 2.14. The molecule has 0 radical (unpaired) electrons. The van der Waals surface area contributed by atoms with Crippen LogP contribution in [-0.4, -0.2) is 76.8 Å². The Bertz CT molecular complexity index is 1200. The molecule has 2 aromatic rings. The van der Waals surface area contributed by atoms with E-state index in [0.717, 1.165) is 40.6 Å². The van der Waals surface area contributed by atoms with Crippen LogP contribution in [0, 0.1) is 0 Å². The summed E-state index contributed by atoms with van der Waals surface area (Å²) in [5.41, 5.74) is -7.14. The summed E-state index contributed by atoms with van der Waals surface area (Å²) in [6.45, 7) is 3.42. The van der Waals surface area contributed by atoms with Gasteiger partial charge in [-0.05, 0) is 20.3 Å². The van der Waals surface area contributed by atoms with Crippen LogP contribution in [-0.2, 0) is 9.47 Å².